The van der Waals surface area contributed by atoms with Gasteiger partial charge < -0.3 is 15.2 Å². The molecule has 0 saturated heterocycles. The number of hydrogen-bond donors (Lipinski definition) is 1. The standard InChI is InChI=1S/C11H13BrFNO2S/c1-2-15-5-6-16-8-4-3-7(11(14)17)9(12)10(8)13/h3-4H,2,5-6H2,1H3,(H2,14,17). The molecular formula is C11H13BrFNO2S. The van der Waals surface area contributed by atoms with Gasteiger partial charge in [0.1, 0.15) is 11.6 Å². The first-order valence-electron chi connectivity index (χ1n) is 5.06. The van der Waals surface area contributed by atoms with E-state index in [0.29, 0.717) is 25.4 Å². The molecule has 1 rings (SSSR count). The highest BCUT2D eigenvalue weighted by atomic mass is 79.9. The summed E-state index contributed by atoms with van der Waals surface area (Å²) in [5.74, 6) is -0.358. The molecule has 94 valence electrons. The third-order valence-corrected chi connectivity index (χ3v) is 3.00. The molecule has 2 N–H and O–H groups in total. The lowest BCUT2D eigenvalue weighted by molar-refractivity contribution is 0.108. The fourth-order valence-corrected chi connectivity index (χ4v) is 2.03. The minimum Gasteiger partial charge on any atom is -0.488 e. The molecular weight excluding hydrogens is 309 g/mol. The maximum Gasteiger partial charge on any atom is 0.179 e. The lowest BCUT2D eigenvalue weighted by atomic mass is 10.2. The molecule has 0 aliphatic rings. The smallest absolute Gasteiger partial charge is 0.179 e. The number of thiocarbonyl (C=S) groups is 1. The zero-order chi connectivity index (χ0) is 12.8. The van der Waals surface area contributed by atoms with Crippen LogP contribution in [0.1, 0.15) is 12.5 Å². The summed E-state index contributed by atoms with van der Waals surface area (Å²) in [6.07, 6.45) is 0. The van der Waals surface area contributed by atoms with E-state index in [0.717, 1.165) is 0 Å². The highest BCUT2D eigenvalue weighted by Gasteiger charge is 2.13. The first-order valence-corrected chi connectivity index (χ1v) is 6.26. The van der Waals surface area contributed by atoms with Crippen molar-refractivity contribution in [2.45, 2.75) is 6.92 Å². The predicted octanol–water partition coefficient (Wildman–Crippen LogP) is 2.64. The zero-order valence-corrected chi connectivity index (χ0v) is 11.7. The van der Waals surface area contributed by atoms with Crippen LogP contribution in [0.4, 0.5) is 4.39 Å². The molecule has 1 aromatic rings. The quantitative estimate of drug-likeness (QED) is 0.646. The Morgan fingerprint density at radius 1 is 1.47 bits per heavy atom. The molecule has 0 amide bonds. The summed E-state index contributed by atoms with van der Waals surface area (Å²) in [5.41, 5.74) is 5.90. The molecule has 17 heavy (non-hydrogen) atoms. The topological polar surface area (TPSA) is 44.5 Å². The lowest BCUT2D eigenvalue weighted by Gasteiger charge is -2.10. The molecule has 3 nitrogen and oxygen atoms in total. The van der Waals surface area contributed by atoms with E-state index in [9.17, 15) is 4.39 Å². The molecule has 0 aliphatic heterocycles. The summed E-state index contributed by atoms with van der Waals surface area (Å²) < 4.78 is 24.4. The van der Waals surface area contributed by atoms with Gasteiger partial charge in [-0.25, -0.2) is 4.39 Å². The van der Waals surface area contributed by atoms with E-state index < -0.39 is 5.82 Å². The molecule has 6 heteroatoms. The molecule has 0 radical (unpaired) electrons. The van der Waals surface area contributed by atoms with Gasteiger partial charge in [-0.15, -0.1) is 0 Å². The van der Waals surface area contributed by atoms with Gasteiger partial charge in [0, 0.05) is 12.2 Å². The Labute approximate surface area is 113 Å². The van der Waals surface area contributed by atoms with Crippen LogP contribution in [0.5, 0.6) is 5.75 Å². The summed E-state index contributed by atoms with van der Waals surface area (Å²) >= 11 is 7.90. The van der Waals surface area contributed by atoms with Crippen molar-refractivity contribution in [1.82, 2.24) is 0 Å². The van der Waals surface area contributed by atoms with Crippen molar-refractivity contribution in [3.05, 3.63) is 28.0 Å². The van der Waals surface area contributed by atoms with E-state index in [1.807, 2.05) is 6.92 Å². The second-order valence-electron chi connectivity index (χ2n) is 3.15. The van der Waals surface area contributed by atoms with Crippen molar-refractivity contribution < 1.29 is 13.9 Å². The number of benzene rings is 1. The summed E-state index contributed by atoms with van der Waals surface area (Å²) in [6.45, 7) is 3.21. The van der Waals surface area contributed by atoms with E-state index >= 15 is 0 Å². The van der Waals surface area contributed by atoms with Gasteiger partial charge in [-0.3, -0.25) is 0 Å². The number of rotatable bonds is 6. The Hall–Kier alpha value is -0.720. The Balaban J connectivity index is 2.75. The minimum atomic E-state index is -0.508. The van der Waals surface area contributed by atoms with Gasteiger partial charge >= 0.3 is 0 Å². The van der Waals surface area contributed by atoms with Crippen LogP contribution in [0.25, 0.3) is 0 Å². The third-order valence-electron chi connectivity index (χ3n) is 2.00. The van der Waals surface area contributed by atoms with E-state index in [1.54, 1.807) is 6.07 Å². The summed E-state index contributed by atoms with van der Waals surface area (Å²) in [4.78, 5) is 0.136. The van der Waals surface area contributed by atoms with E-state index in [2.05, 4.69) is 15.9 Å². The van der Waals surface area contributed by atoms with Crippen LogP contribution in [0.15, 0.2) is 16.6 Å². The number of hydrogen-bond acceptors (Lipinski definition) is 3. The molecule has 0 saturated carbocycles. The summed E-state index contributed by atoms with van der Waals surface area (Å²) in [7, 11) is 0. The van der Waals surface area contributed by atoms with Crippen molar-refractivity contribution in [2.75, 3.05) is 19.8 Å². The molecule has 0 aliphatic carbocycles. The van der Waals surface area contributed by atoms with Crippen molar-refractivity contribution in [3.8, 4) is 5.75 Å². The monoisotopic (exact) mass is 321 g/mol. The second kappa shape index (κ2) is 6.88. The SMILES string of the molecule is CCOCCOc1ccc(C(N)=S)c(Br)c1F. The van der Waals surface area contributed by atoms with Gasteiger partial charge in [0.15, 0.2) is 11.6 Å². The molecule has 0 heterocycles. The van der Waals surface area contributed by atoms with Gasteiger partial charge in [0.05, 0.1) is 11.1 Å². The van der Waals surface area contributed by atoms with Gasteiger partial charge in [-0.2, -0.15) is 0 Å². The van der Waals surface area contributed by atoms with Crippen molar-refractivity contribution in [1.29, 1.82) is 0 Å². The lowest BCUT2D eigenvalue weighted by Crippen LogP contribution is -2.12. The average Bonchev–Trinajstić information content (AvgIpc) is 2.29. The summed E-state index contributed by atoms with van der Waals surface area (Å²) in [6, 6.07) is 3.12. The Kier molecular flexibility index (Phi) is 5.80. The van der Waals surface area contributed by atoms with Crippen molar-refractivity contribution in [2.24, 2.45) is 5.73 Å². The predicted molar refractivity (Wildman–Crippen MR) is 72.0 cm³/mol. The second-order valence-corrected chi connectivity index (χ2v) is 4.38. The van der Waals surface area contributed by atoms with Gasteiger partial charge in [-0.1, -0.05) is 12.2 Å². The first-order chi connectivity index (χ1) is 8.07. The van der Waals surface area contributed by atoms with E-state index in [4.69, 9.17) is 27.4 Å². The van der Waals surface area contributed by atoms with Gasteiger partial charge in [-0.05, 0) is 35.0 Å². The summed E-state index contributed by atoms with van der Waals surface area (Å²) in [5, 5.41) is 0. The third kappa shape index (κ3) is 3.90. The maximum absolute atomic E-state index is 13.8. The van der Waals surface area contributed by atoms with Crippen LogP contribution in [-0.4, -0.2) is 24.8 Å². The van der Waals surface area contributed by atoms with Crippen LogP contribution >= 0.6 is 28.1 Å². The van der Waals surface area contributed by atoms with E-state index in [-0.39, 0.29) is 15.2 Å². The van der Waals surface area contributed by atoms with Gasteiger partial charge in [0.2, 0.25) is 0 Å². The molecule has 0 aromatic heterocycles. The fraction of sp³-hybridized carbons (Fsp3) is 0.364. The van der Waals surface area contributed by atoms with Crippen molar-refractivity contribution >= 4 is 33.1 Å². The van der Waals surface area contributed by atoms with Gasteiger partial charge in [0.25, 0.3) is 0 Å². The molecule has 0 spiro atoms. The van der Waals surface area contributed by atoms with Crippen LogP contribution in [-0.2, 0) is 4.74 Å². The van der Waals surface area contributed by atoms with E-state index in [1.165, 1.54) is 6.07 Å². The number of nitrogens with two attached hydrogens (primary N) is 1. The fourth-order valence-electron chi connectivity index (χ4n) is 1.19. The number of halogens is 2. The van der Waals surface area contributed by atoms with Crippen LogP contribution < -0.4 is 10.5 Å². The first kappa shape index (κ1) is 14.3. The molecule has 0 unspecified atom stereocenters. The highest BCUT2D eigenvalue weighted by molar-refractivity contribution is 9.10. The van der Waals surface area contributed by atoms with Crippen LogP contribution in [0.2, 0.25) is 0 Å². The maximum atomic E-state index is 13.8. The molecule has 0 fully saturated rings. The highest BCUT2D eigenvalue weighted by Crippen LogP contribution is 2.28. The average molecular weight is 322 g/mol. The Bertz CT molecular complexity index is 415. The number of ether oxygens (including phenoxy) is 2. The van der Waals surface area contributed by atoms with Crippen LogP contribution in [0, 0.1) is 5.82 Å². The molecule has 0 atom stereocenters. The molecule has 1 aromatic carbocycles. The Morgan fingerprint density at radius 2 is 2.18 bits per heavy atom. The Morgan fingerprint density at radius 3 is 2.76 bits per heavy atom. The molecule has 0 bridgehead atoms. The van der Waals surface area contributed by atoms with Crippen molar-refractivity contribution in [3.63, 3.8) is 0 Å². The normalized spacial score (nSPS) is 10.3. The van der Waals surface area contributed by atoms with Crippen LogP contribution in [0.3, 0.4) is 0 Å². The zero-order valence-electron chi connectivity index (χ0n) is 9.33. The minimum absolute atomic E-state index is 0.136. The largest absolute Gasteiger partial charge is 0.488 e.